The van der Waals surface area contributed by atoms with Crippen LogP contribution in [0.15, 0.2) is 18.2 Å². The summed E-state index contributed by atoms with van der Waals surface area (Å²) in [5.41, 5.74) is 0.582. The molecule has 0 spiro atoms. The second-order valence-corrected chi connectivity index (χ2v) is 5.69. The van der Waals surface area contributed by atoms with Crippen molar-refractivity contribution in [2.75, 3.05) is 19.6 Å². The smallest absolute Gasteiger partial charge is 0.130 e. The number of nitrogens with zero attached hydrogens (tertiary/aromatic N) is 1. The SMILES string of the molecule is CC(C)NCC1CCN(Cc2ccc(F)cc2F)C1. The van der Waals surface area contributed by atoms with E-state index in [1.807, 2.05) is 0 Å². The van der Waals surface area contributed by atoms with Crippen molar-refractivity contribution in [3.63, 3.8) is 0 Å². The molecule has 2 rings (SSSR count). The fourth-order valence-electron chi connectivity index (χ4n) is 2.52. The zero-order chi connectivity index (χ0) is 13.8. The number of hydrogen-bond donors (Lipinski definition) is 1. The maximum atomic E-state index is 13.6. The van der Waals surface area contributed by atoms with E-state index in [2.05, 4.69) is 24.1 Å². The van der Waals surface area contributed by atoms with Gasteiger partial charge in [-0.15, -0.1) is 0 Å². The number of likely N-dealkylation sites (tertiary alicyclic amines) is 1. The molecule has 0 bridgehead atoms. The van der Waals surface area contributed by atoms with Gasteiger partial charge in [0.05, 0.1) is 0 Å². The lowest BCUT2D eigenvalue weighted by molar-refractivity contribution is 0.307. The topological polar surface area (TPSA) is 15.3 Å². The monoisotopic (exact) mass is 268 g/mol. The van der Waals surface area contributed by atoms with Gasteiger partial charge in [-0.25, -0.2) is 8.78 Å². The van der Waals surface area contributed by atoms with Crippen molar-refractivity contribution >= 4 is 0 Å². The van der Waals surface area contributed by atoms with E-state index < -0.39 is 11.6 Å². The molecular formula is C15H22F2N2. The fraction of sp³-hybridized carbons (Fsp3) is 0.600. The Labute approximate surface area is 113 Å². The summed E-state index contributed by atoms with van der Waals surface area (Å²) in [6.45, 7) is 7.84. The van der Waals surface area contributed by atoms with Gasteiger partial charge in [0.1, 0.15) is 11.6 Å². The second-order valence-electron chi connectivity index (χ2n) is 5.69. The summed E-state index contributed by atoms with van der Waals surface area (Å²) in [5.74, 6) is -0.323. The van der Waals surface area contributed by atoms with Crippen molar-refractivity contribution in [1.29, 1.82) is 0 Å². The van der Waals surface area contributed by atoms with Gasteiger partial charge in [-0.3, -0.25) is 4.90 Å². The Morgan fingerprint density at radius 1 is 1.37 bits per heavy atom. The first-order valence-electron chi connectivity index (χ1n) is 6.94. The summed E-state index contributed by atoms with van der Waals surface area (Å²) in [7, 11) is 0. The highest BCUT2D eigenvalue weighted by atomic mass is 19.1. The predicted molar refractivity (Wildman–Crippen MR) is 72.9 cm³/mol. The van der Waals surface area contributed by atoms with Gasteiger partial charge in [0.15, 0.2) is 0 Å². The molecule has 0 amide bonds. The highest BCUT2D eigenvalue weighted by Crippen LogP contribution is 2.20. The molecule has 0 saturated carbocycles. The quantitative estimate of drug-likeness (QED) is 0.883. The summed E-state index contributed by atoms with van der Waals surface area (Å²) >= 11 is 0. The van der Waals surface area contributed by atoms with Crippen LogP contribution in [0.4, 0.5) is 8.78 Å². The lowest BCUT2D eigenvalue weighted by atomic mass is 10.1. The maximum absolute atomic E-state index is 13.6. The van der Waals surface area contributed by atoms with E-state index in [0.29, 0.717) is 24.1 Å². The molecule has 0 aromatic heterocycles. The Bertz CT molecular complexity index is 421. The van der Waals surface area contributed by atoms with E-state index >= 15 is 0 Å². The highest BCUT2D eigenvalue weighted by Gasteiger charge is 2.23. The standard InChI is InChI=1S/C15H22F2N2/c1-11(2)18-8-12-5-6-19(9-12)10-13-3-4-14(16)7-15(13)17/h3-4,7,11-12,18H,5-6,8-10H2,1-2H3. The minimum absolute atomic E-state index is 0.441. The fourth-order valence-corrected chi connectivity index (χ4v) is 2.52. The lowest BCUT2D eigenvalue weighted by Crippen LogP contribution is -2.30. The van der Waals surface area contributed by atoms with Gasteiger partial charge < -0.3 is 5.32 Å². The Morgan fingerprint density at radius 3 is 2.84 bits per heavy atom. The molecule has 19 heavy (non-hydrogen) atoms. The van der Waals surface area contributed by atoms with Crippen LogP contribution in [0.1, 0.15) is 25.8 Å². The van der Waals surface area contributed by atoms with Gasteiger partial charge in [-0.1, -0.05) is 19.9 Å². The molecule has 1 aliphatic heterocycles. The minimum atomic E-state index is -0.512. The van der Waals surface area contributed by atoms with Gasteiger partial charge in [0.25, 0.3) is 0 Å². The van der Waals surface area contributed by atoms with Crippen LogP contribution < -0.4 is 5.32 Å². The van der Waals surface area contributed by atoms with Crippen molar-refractivity contribution in [1.82, 2.24) is 10.2 Å². The number of rotatable bonds is 5. The van der Waals surface area contributed by atoms with Gasteiger partial charge in [-0.05, 0) is 31.5 Å². The molecule has 1 aliphatic rings. The molecule has 0 aliphatic carbocycles. The molecule has 106 valence electrons. The van der Waals surface area contributed by atoms with Gasteiger partial charge >= 0.3 is 0 Å². The first-order valence-corrected chi connectivity index (χ1v) is 6.94. The van der Waals surface area contributed by atoms with Crippen LogP contribution in [-0.4, -0.2) is 30.6 Å². The minimum Gasteiger partial charge on any atom is -0.314 e. The van der Waals surface area contributed by atoms with Gasteiger partial charge in [-0.2, -0.15) is 0 Å². The van der Waals surface area contributed by atoms with Crippen molar-refractivity contribution in [2.45, 2.75) is 32.9 Å². The second kappa shape index (κ2) is 6.44. The van der Waals surface area contributed by atoms with E-state index in [4.69, 9.17) is 0 Å². The molecule has 1 atom stereocenters. The van der Waals surface area contributed by atoms with E-state index in [0.717, 1.165) is 32.1 Å². The average molecular weight is 268 g/mol. The Kier molecular flexibility index (Phi) is 4.88. The third-order valence-electron chi connectivity index (χ3n) is 3.59. The maximum Gasteiger partial charge on any atom is 0.130 e. The molecule has 2 nitrogen and oxygen atoms in total. The molecule has 1 saturated heterocycles. The molecule has 1 heterocycles. The third kappa shape index (κ3) is 4.25. The molecule has 1 fully saturated rings. The van der Waals surface area contributed by atoms with Crippen LogP contribution in [0, 0.1) is 17.6 Å². The largest absolute Gasteiger partial charge is 0.314 e. The predicted octanol–water partition coefficient (Wildman–Crippen LogP) is 2.78. The summed E-state index contributed by atoms with van der Waals surface area (Å²) in [6.07, 6.45) is 1.14. The third-order valence-corrected chi connectivity index (χ3v) is 3.59. The molecule has 1 N–H and O–H groups in total. The lowest BCUT2D eigenvalue weighted by Gasteiger charge is -2.17. The summed E-state index contributed by atoms with van der Waals surface area (Å²) in [6, 6.07) is 4.34. The van der Waals surface area contributed by atoms with E-state index in [9.17, 15) is 8.78 Å². The number of benzene rings is 1. The average Bonchev–Trinajstić information content (AvgIpc) is 2.78. The van der Waals surface area contributed by atoms with Crippen LogP contribution in [0.25, 0.3) is 0 Å². The van der Waals surface area contributed by atoms with Crippen LogP contribution in [0.5, 0.6) is 0 Å². The van der Waals surface area contributed by atoms with Gasteiger partial charge in [0, 0.05) is 30.8 Å². The van der Waals surface area contributed by atoms with Crippen molar-refractivity contribution in [3.05, 3.63) is 35.4 Å². The van der Waals surface area contributed by atoms with E-state index in [-0.39, 0.29) is 0 Å². The van der Waals surface area contributed by atoms with Crippen molar-refractivity contribution in [3.8, 4) is 0 Å². The van der Waals surface area contributed by atoms with Crippen LogP contribution in [0.2, 0.25) is 0 Å². The van der Waals surface area contributed by atoms with Crippen LogP contribution in [-0.2, 0) is 6.54 Å². The summed E-state index contributed by atoms with van der Waals surface area (Å²) < 4.78 is 26.4. The molecule has 4 heteroatoms. The Balaban J connectivity index is 1.84. The van der Waals surface area contributed by atoms with Crippen molar-refractivity contribution < 1.29 is 8.78 Å². The van der Waals surface area contributed by atoms with E-state index in [1.54, 1.807) is 6.07 Å². The number of halogens is 2. The summed E-state index contributed by atoms with van der Waals surface area (Å²) in [4.78, 5) is 2.24. The molecule has 1 aromatic rings. The normalized spacial score (nSPS) is 20.4. The molecule has 1 unspecified atom stereocenters. The number of nitrogens with one attached hydrogen (secondary N) is 1. The van der Waals surface area contributed by atoms with E-state index in [1.165, 1.54) is 6.07 Å². The first kappa shape index (κ1) is 14.4. The zero-order valence-corrected chi connectivity index (χ0v) is 11.6. The first-order chi connectivity index (χ1) is 9.04. The zero-order valence-electron chi connectivity index (χ0n) is 11.6. The molecule has 0 radical (unpaired) electrons. The molecular weight excluding hydrogens is 246 g/mol. The van der Waals surface area contributed by atoms with Gasteiger partial charge in [0.2, 0.25) is 0 Å². The molecule has 1 aromatic carbocycles. The van der Waals surface area contributed by atoms with Crippen LogP contribution in [0.3, 0.4) is 0 Å². The Hall–Kier alpha value is -1.00. The highest BCUT2D eigenvalue weighted by molar-refractivity contribution is 5.18. The Morgan fingerprint density at radius 2 is 2.16 bits per heavy atom. The van der Waals surface area contributed by atoms with Crippen molar-refractivity contribution in [2.24, 2.45) is 5.92 Å². The summed E-state index contributed by atoms with van der Waals surface area (Å²) in [5, 5.41) is 3.44. The number of hydrogen-bond acceptors (Lipinski definition) is 2. The van der Waals surface area contributed by atoms with Crippen LogP contribution >= 0.6 is 0 Å².